The van der Waals surface area contributed by atoms with Crippen LogP contribution in [-0.4, -0.2) is 42.8 Å². The SMILES string of the molecule is Cc1ccc(N2CCN(C(=O)OC(C)(C)C)CC2)c(S)c1. The van der Waals surface area contributed by atoms with Crippen LogP contribution in [0, 0.1) is 6.92 Å². The molecule has 0 spiro atoms. The van der Waals surface area contributed by atoms with Crippen molar-refractivity contribution in [2.75, 3.05) is 31.1 Å². The van der Waals surface area contributed by atoms with Gasteiger partial charge in [-0.1, -0.05) is 6.07 Å². The number of benzene rings is 1. The maximum Gasteiger partial charge on any atom is 0.410 e. The standard InChI is InChI=1S/C16H24N2O2S/c1-12-5-6-13(14(21)11-12)17-7-9-18(10-8-17)15(19)20-16(2,3)4/h5-6,11,21H,7-10H2,1-4H3. The van der Waals surface area contributed by atoms with Crippen LogP contribution in [0.5, 0.6) is 0 Å². The molecule has 1 fully saturated rings. The van der Waals surface area contributed by atoms with Crippen LogP contribution in [0.4, 0.5) is 10.5 Å². The molecule has 5 heteroatoms. The van der Waals surface area contributed by atoms with E-state index in [2.05, 4.69) is 42.7 Å². The Bertz CT molecular complexity index is 517. The Morgan fingerprint density at radius 3 is 2.33 bits per heavy atom. The van der Waals surface area contributed by atoms with Crippen molar-refractivity contribution >= 4 is 24.4 Å². The fourth-order valence-corrected chi connectivity index (χ4v) is 2.78. The van der Waals surface area contributed by atoms with Gasteiger partial charge in [-0.25, -0.2) is 4.79 Å². The molecule has 0 aliphatic carbocycles. The number of aryl methyl sites for hydroxylation is 1. The summed E-state index contributed by atoms with van der Waals surface area (Å²) in [7, 11) is 0. The number of carbonyl (C=O) groups excluding carboxylic acids is 1. The topological polar surface area (TPSA) is 32.8 Å². The molecule has 0 atom stereocenters. The van der Waals surface area contributed by atoms with Gasteiger partial charge in [-0.05, 0) is 45.4 Å². The van der Waals surface area contributed by atoms with Gasteiger partial charge in [0.05, 0.1) is 5.69 Å². The van der Waals surface area contributed by atoms with E-state index in [0.29, 0.717) is 13.1 Å². The van der Waals surface area contributed by atoms with Gasteiger partial charge in [0.25, 0.3) is 0 Å². The summed E-state index contributed by atoms with van der Waals surface area (Å²) in [5, 5.41) is 0. The molecule has 1 heterocycles. The van der Waals surface area contributed by atoms with Gasteiger partial charge in [0.1, 0.15) is 5.60 Å². The van der Waals surface area contributed by atoms with Crippen molar-refractivity contribution in [2.24, 2.45) is 0 Å². The Kier molecular flexibility index (Phi) is 4.71. The molecule has 0 saturated carbocycles. The molecule has 21 heavy (non-hydrogen) atoms. The van der Waals surface area contributed by atoms with E-state index in [1.807, 2.05) is 20.8 Å². The fourth-order valence-electron chi connectivity index (χ4n) is 2.36. The summed E-state index contributed by atoms with van der Waals surface area (Å²) in [6, 6.07) is 6.26. The van der Waals surface area contributed by atoms with Crippen LogP contribution in [-0.2, 0) is 4.74 Å². The first-order chi connectivity index (χ1) is 9.76. The summed E-state index contributed by atoms with van der Waals surface area (Å²) < 4.78 is 5.41. The average Bonchev–Trinajstić information content (AvgIpc) is 2.37. The highest BCUT2D eigenvalue weighted by molar-refractivity contribution is 7.80. The zero-order valence-corrected chi connectivity index (χ0v) is 14.1. The molecule has 0 aromatic heterocycles. The minimum absolute atomic E-state index is 0.225. The molecule has 2 rings (SSSR count). The lowest BCUT2D eigenvalue weighted by atomic mass is 10.2. The van der Waals surface area contributed by atoms with Crippen LogP contribution in [0.2, 0.25) is 0 Å². The third-order valence-electron chi connectivity index (χ3n) is 3.40. The van der Waals surface area contributed by atoms with Gasteiger partial charge < -0.3 is 14.5 Å². The normalized spacial score (nSPS) is 16.0. The molecular formula is C16H24N2O2S. The minimum Gasteiger partial charge on any atom is -0.444 e. The summed E-state index contributed by atoms with van der Waals surface area (Å²) in [5.74, 6) is 0. The van der Waals surface area contributed by atoms with Crippen molar-refractivity contribution in [1.82, 2.24) is 4.90 Å². The van der Waals surface area contributed by atoms with E-state index < -0.39 is 5.60 Å². The van der Waals surface area contributed by atoms with Gasteiger partial charge in [-0.3, -0.25) is 0 Å². The van der Waals surface area contributed by atoms with Gasteiger partial charge >= 0.3 is 6.09 Å². The molecule has 1 aliphatic heterocycles. The second kappa shape index (κ2) is 6.18. The predicted octanol–water partition coefficient (Wildman–Crippen LogP) is 3.34. The van der Waals surface area contributed by atoms with Crippen LogP contribution in [0.3, 0.4) is 0 Å². The number of nitrogens with zero attached hydrogens (tertiary/aromatic N) is 2. The number of rotatable bonds is 1. The third kappa shape index (κ3) is 4.30. The molecule has 0 bridgehead atoms. The van der Waals surface area contributed by atoms with Crippen LogP contribution in [0.25, 0.3) is 0 Å². The van der Waals surface area contributed by atoms with Crippen molar-refractivity contribution in [1.29, 1.82) is 0 Å². The fraction of sp³-hybridized carbons (Fsp3) is 0.562. The Balaban J connectivity index is 1.95. The molecule has 1 aromatic rings. The first-order valence-corrected chi connectivity index (χ1v) is 7.73. The Labute approximate surface area is 132 Å². The van der Waals surface area contributed by atoms with Crippen molar-refractivity contribution in [3.05, 3.63) is 23.8 Å². The lowest BCUT2D eigenvalue weighted by molar-refractivity contribution is 0.0240. The molecular weight excluding hydrogens is 284 g/mol. The number of carbonyl (C=O) groups is 1. The average molecular weight is 308 g/mol. The smallest absolute Gasteiger partial charge is 0.410 e. The summed E-state index contributed by atoms with van der Waals surface area (Å²) in [6.45, 7) is 10.7. The molecule has 0 unspecified atom stereocenters. The van der Waals surface area contributed by atoms with Crippen molar-refractivity contribution in [2.45, 2.75) is 38.2 Å². The number of amides is 1. The first kappa shape index (κ1) is 16.0. The van der Waals surface area contributed by atoms with Gasteiger partial charge in [0.15, 0.2) is 0 Å². The zero-order valence-electron chi connectivity index (χ0n) is 13.2. The molecule has 1 amide bonds. The lowest BCUT2D eigenvalue weighted by Crippen LogP contribution is -2.50. The summed E-state index contributed by atoms with van der Waals surface area (Å²) in [4.78, 5) is 17.1. The second-order valence-electron chi connectivity index (χ2n) is 6.45. The Morgan fingerprint density at radius 2 is 1.81 bits per heavy atom. The highest BCUT2D eigenvalue weighted by atomic mass is 32.1. The number of piperazine rings is 1. The molecule has 1 aromatic carbocycles. The van der Waals surface area contributed by atoms with Crippen LogP contribution in [0.1, 0.15) is 26.3 Å². The summed E-state index contributed by atoms with van der Waals surface area (Å²) in [6.07, 6.45) is -0.225. The third-order valence-corrected chi connectivity index (χ3v) is 3.76. The maximum atomic E-state index is 12.0. The number of ether oxygens (including phenoxy) is 1. The number of hydrogen-bond acceptors (Lipinski definition) is 4. The van der Waals surface area contributed by atoms with Gasteiger partial charge in [-0.2, -0.15) is 0 Å². The lowest BCUT2D eigenvalue weighted by Gasteiger charge is -2.37. The van der Waals surface area contributed by atoms with Gasteiger partial charge in [0, 0.05) is 31.1 Å². The summed E-state index contributed by atoms with van der Waals surface area (Å²) in [5.41, 5.74) is 1.90. The van der Waals surface area contributed by atoms with Crippen molar-refractivity contribution < 1.29 is 9.53 Å². The largest absolute Gasteiger partial charge is 0.444 e. The Morgan fingerprint density at radius 1 is 1.19 bits per heavy atom. The minimum atomic E-state index is -0.441. The monoisotopic (exact) mass is 308 g/mol. The number of anilines is 1. The van der Waals surface area contributed by atoms with E-state index in [0.717, 1.165) is 23.7 Å². The number of thiol groups is 1. The number of hydrogen-bond donors (Lipinski definition) is 1. The van der Waals surface area contributed by atoms with E-state index >= 15 is 0 Å². The highest BCUT2D eigenvalue weighted by Crippen LogP contribution is 2.26. The van der Waals surface area contributed by atoms with E-state index in [-0.39, 0.29) is 6.09 Å². The van der Waals surface area contributed by atoms with E-state index in [4.69, 9.17) is 4.74 Å². The van der Waals surface area contributed by atoms with E-state index in [9.17, 15) is 4.79 Å². The molecule has 0 radical (unpaired) electrons. The van der Waals surface area contributed by atoms with Crippen LogP contribution >= 0.6 is 12.6 Å². The summed E-state index contributed by atoms with van der Waals surface area (Å²) >= 11 is 4.55. The molecule has 0 N–H and O–H groups in total. The van der Waals surface area contributed by atoms with Gasteiger partial charge in [-0.15, -0.1) is 12.6 Å². The molecule has 1 aliphatic rings. The van der Waals surface area contributed by atoms with Crippen molar-refractivity contribution in [3.63, 3.8) is 0 Å². The maximum absolute atomic E-state index is 12.0. The zero-order chi connectivity index (χ0) is 15.6. The second-order valence-corrected chi connectivity index (χ2v) is 6.93. The quantitative estimate of drug-likeness (QED) is 0.808. The van der Waals surface area contributed by atoms with Crippen LogP contribution in [0.15, 0.2) is 23.1 Å². The molecule has 4 nitrogen and oxygen atoms in total. The van der Waals surface area contributed by atoms with Gasteiger partial charge in [0.2, 0.25) is 0 Å². The Hall–Kier alpha value is -1.36. The van der Waals surface area contributed by atoms with Crippen molar-refractivity contribution in [3.8, 4) is 0 Å². The van der Waals surface area contributed by atoms with Crippen LogP contribution < -0.4 is 4.90 Å². The predicted molar refractivity (Wildman–Crippen MR) is 88.5 cm³/mol. The highest BCUT2D eigenvalue weighted by Gasteiger charge is 2.26. The van der Waals surface area contributed by atoms with E-state index in [1.165, 1.54) is 5.56 Å². The first-order valence-electron chi connectivity index (χ1n) is 7.29. The molecule has 116 valence electrons. The van der Waals surface area contributed by atoms with E-state index in [1.54, 1.807) is 4.90 Å². The molecule has 1 saturated heterocycles.